The summed E-state index contributed by atoms with van der Waals surface area (Å²) < 4.78 is 0. The van der Waals surface area contributed by atoms with Gasteiger partial charge in [-0.05, 0) is 19.8 Å². The van der Waals surface area contributed by atoms with Gasteiger partial charge in [0.1, 0.15) is 0 Å². The van der Waals surface area contributed by atoms with Crippen LogP contribution in [0.1, 0.15) is 24.1 Å². The van der Waals surface area contributed by atoms with Gasteiger partial charge in [-0.25, -0.2) is 4.98 Å². The van der Waals surface area contributed by atoms with Crippen LogP contribution in [0.4, 0.5) is 5.95 Å². The van der Waals surface area contributed by atoms with Crippen LogP contribution in [0.5, 0.6) is 0 Å². The molecule has 0 bridgehead atoms. The number of rotatable bonds is 3. The molecule has 100 valence electrons. The Bertz CT molecular complexity index is 464. The SMILES string of the molecule is Cc1nc(N2CCC(N)CC2)[nH]c(=O)c1CCO. The van der Waals surface area contributed by atoms with E-state index in [-0.39, 0.29) is 18.2 Å². The fraction of sp³-hybridized carbons (Fsp3) is 0.667. The maximum atomic E-state index is 11.9. The van der Waals surface area contributed by atoms with E-state index in [1.54, 1.807) is 6.92 Å². The van der Waals surface area contributed by atoms with Crippen molar-refractivity contribution in [3.63, 3.8) is 0 Å². The second kappa shape index (κ2) is 5.49. The first kappa shape index (κ1) is 13.0. The number of hydrogen-bond acceptors (Lipinski definition) is 5. The predicted octanol–water partition coefficient (Wildman–Crippen LogP) is -0.459. The van der Waals surface area contributed by atoms with Gasteiger partial charge >= 0.3 is 0 Å². The van der Waals surface area contributed by atoms with Crippen molar-refractivity contribution in [3.8, 4) is 0 Å². The fourth-order valence-corrected chi connectivity index (χ4v) is 2.26. The third kappa shape index (κ3) is 2.70. The lowest BCUT2D eigenvalue weighted by atomic mass is 10.1. The lowest BCUT2D eigenvalue weighted by molar-refractivity contribution is 0.298. The van der Waals surface area contributed by atoms with Crippen molar-refractivity contribution >= 4 is 5.95 Å². The van der Waals surface area contributed by atoms with Crippen LogP contribution in [-0.4, -0.2) is 40.8 Å². The van der Waals surface area contributed by atoms with E-state index in [1.165, 1.54) is 0 Å². The van der Waals surface area contributed by atoms with E-state index >= 15 is 0 Å². The number of aliphatic hydroxyl groups is 1. The molecule has 0 aliphatic carbocycles. The molecule has 2 heterocycles. The number of aromatic amines is 1. The molecule has 1 aromatic rings. The molecule has 18 heavy (non-hydrogen) atoms. The highest BCUT2D eigenvalue weighted by atomic mass is 16.3. The third-order valence-electron chi connectivity index (χ3n) is 3.41. The number of nitrogens with two attached hydrogens (primary N) is 1. The molecule has 1 aromatic heterocycles. The number of nitrogens with one attached hydrogen (secondary N) is 1. The molecule has 0 unspecified atom stereocenters. The summed E-state index contributed by atoms with van der Waals surface area (Å²) in [6.07, 6.45) is 2.18. The minimum atomic E-state index is -0.151. The standard InChI is InChI=1S/C12H20N4O2/c1-8-10(4-7-17)11(18)15-12(14-8)16-5-2-9(13)3-6-16/h9,17H,2-7,13H2,1H3,(H,14,15,18). The summed E-state index contributed by atoms with van der Waals surface area (Å²) in [5, 5.41) is 8.91. The van der Waals surface area contributed by atoms with Crippen LogP contribution in [0.15, 0.2) is 4.79 Å². The van der Waals surface area contributed by atoms with Gasteiger partial charge in [0, 0.05) is 37.7 Å². The number of aromatic nitrogens is 2. The van der Waals surface area contributed by atoms with Gasteiger partial charge in [-0.2, -0.15) is 0 Å². The Hall–Kier alpha value is -1.40. The zero-order valence-corrected chi connectivity index (χ0v) is 10.6. The number of aryl methyl sites for hydroxylation is 1. The second-order valence-electron chi connectivity index (χ2n) is 4.75. The van der Waals surface area contributed by atoms with E-state index < -0.39 is 0 Å². The molecule has 6 nitrogen and oxygen atoms in total. The second-order valence-corrected chi connectivity index (χ2v) is 4.75. The maximum Gasteiger partial charge on any atom is 0.255 e. The van der Waals surface area contributed by atoms with Gasteiger partial charge in [0.2, 0.25) is 5.95 Å². The van der Waals surface area contributed by atoms with Crippen LogP contribution >= 0.6 is 0 Å². The normalized spacial score (nSPS) is 17.2. The monoisotopic (exact) mass is 252 g/mol. The average Bonchev–Trinajstić information content (AvgIpc) is 2.34. The summed E-state index contributed by atoms with van der Waals surface area (Å²) in [5.74, 6) is 0.617. The van der Waals surface area contributed by atoms with Crippen molar-refractivity contribution in [2.24, 2.45) is 5.73 Å². The van der Waals surface area contributed by atoms with E-state index in [4.69, 9.17) is 10.8 Å². The first-order valence-electron chi connectivity index (χ1n) is 6.33. The number of H-pyrrole nitrogens is 1. The summed E-state index contributed by atoms with van der Waals surface area (Å²) in [7, 11) is 0. The lowest BCUT2D eigenvalue weighted by Crippen LogP contribution is -2.41. The summed E-state index contributed by atoms with van der Waals surface area (Å²) in [5.41, 5.74) is 6.96. The van der Waals surface area contributed by atoms with E-state index in [9.17, 15) is 4.79 Å². The van der Waals surface area contributed by atoms with Crippen molar-refractivity contribution < 1.29 is 5.11 Å². The molecule has 0 amide bonds. The van der Waals surface area contributed by atoms with Gasteiger partial charge in [0.15, 0.2) is 0 Å². The first-order valence-corrected chi connectivity index (χ1v) is 6.33. The van der Waals surface area contributed by atoms with Crippen molar-refractivity contribution in [2.75, 3.05) is 24.6 Å². The molecular formula is C12H20N4O2. The van der Waals surface area contributed by atoms with Crippen LogP contribution < -0.4 is 16.2 Å². The first-order chi connectivity index (χ1) is 8.61. The van der Waals surface area contributed by atoms with Crippen molar-refractivity contribution in [1.29, 1.82) is 0 Å². The van der Waals surface area contributed by atoms with Gasteiger partial charge in [-0.3, -0.25) is 9.78 Å². The zero-order valence-electron chi connectivity index (χ0n) is 10.6. The molecule has 0 aromatic carbocycles. The zero-order chi connectivity index (χ0) is 13.1. The van der Waals surface area contributed by atoms with Gasteiger partial charge in [0.05, 0.1) is 5.69 Å². The minimum Gasteiger partial charge on any atom is -0.396 e. The maximum absolute atomic E-state index is 11.9. The molecule has 0 atom stereocenters. The molecule has 1 aliphatic heterocycles. The molecular weight excluding hydrogens is 232 g/mol. The van der Waals surface area contributed by atoms with Crippen molar-refractivity contribution in [1.82, 2.24) is 9.97 Å². The Balaban J connectivity index is 2.22. The van der Waals surface area contributed by atoms with Crippen LogP contribution in [0, 0.1) is 6.92 Å². The molecule has 1 fully saturated rings. The van der Waals surface area contributed by atoms with Crippen molar-refractivity contribution in [3.05, 3.63) is 21.6 Å². The fourth-order valence-electron chi connectivity index (χ4n) is 2.26. The molecule has 4 N–H and O–H groups in total. The minimum absolute atomic E-state index is 0.0382. The van der Waals surface area contributed by atoms with Gasteiger partial charge in [-0.15, -0.1) is 0 Å². The largest absolute Gasteiger partial charge is 0.396 e. The molecule has 0 radical (unpaired) electrons. The molecule has 0 spiro atoms. The Labute approximate surface area is 106 Å². The summed E-state index contributed by atoms with van der Waals surface area (Å²) >= 11 is 0. The van der Waals surface area contributed by atoms with Crippen molar-refractivity contribution in [2.45, 2.75) is 32.2 Å². The summed E-state index contributed by atoms with van der Waals surface area (Å²) in [6, 6.07) is 0.253. The van der Waals surface area contributed by atoms with Crippen LogP contribution in [0.25, 0.3) is 0 Å². The third-order valence-corrected chi connectivity index (χ3v) is 3.41. The van der Waals surface area contributed by atoms with Gasteiger partial charge in [0.25, 0.3) is 5.56 Å². The van der Waals surface area contributed by atoms with Gasteiger partial charge < -0.3 is 15.7 Å². The highest BCUT2D eigenvalue weighted by Crippen LogP contribution is 2.15. The molecule has 6 heteroatoms. The molecule has 1 saturated heterocycles. The Morgan fingerprint density at radius 2 is 2.17 bits per heavy atom. The quantitative estimate of drug-likeness (QED) is 0.676. The summed E-state index contributed by atoms with van der Waals surface area (Å²) in [4.78, 5) is 21.2. The number of anilines is 1. The van der Waals surface area contributed by atoms with E-state index in [1.807, 2.05) is 0 Å². The van der Waals surface area contributed by atoms with Gasteiger partial charge in [-0.1, -0.05) is 0 Å². The van der Waals surface area contributed by atoms with E-state index in [0.717, 1.165) is 25.9 Å². The number of hydrogen-bond donors (Lipinski definition) is 3. The topological polar surface area (TPSA) is 95.2 Å². The Morgan fingerprint density at radius 1 is 1.50 bits per heavy atom. The van der Waals surface area contributed by atoms with Crippen LogP contribution in [0.2, 0.25) is 0 Å². The Kier molecular flexibility index (Phi) is 3.98. The number of piperidine rings is 1. The van der Waals surface area contributed by atoms with E-state index in [0.29, 0.717) is 23.6 Å². The average molecular weight is 252 g/mol. The van der Waals surface area contributed by atoms with E-state index in [2.05, 4.69) is 14.9 Å². The summed E-state index contributed by atoms with van der Waals surface area (Å²) in [6.45, 7) is 3.41. The molecule has 2 rings (SSSR count). The highest BCUT2D eigenvalue weighted by Gasteiger charge is 2.19. The lowest BCUT2D eigenvalue weighted by Gasteiger charge is -2.30. The Morgan fingerprint density at radius 3 is 2.72 bits per heavy atom. The molecule has 1 aliphatic rings. The smallest absolute Gasteiger partial charge is 0.255 e. The van der Waals surface area contributed by atoms with Crippen LogP contribution in [0.3, 0.4) is 0 Å². The van der Waals surface area contributed by atoms with Crippen LogP contribution in [-0.2, 0) is 6.42 Å². The molecule has 0 saturated carbocycles. The predicted molar refractivity (Wildman–Crippen MR) is 69.8 cm³/mol. The number of aliphatic hydroxyl groups excluding tert-OH is 1. The highest BCUT2D eigenvalue weighted by molar-refractivity contribution is 5.33. The number of nitrogens with zero attached hydrogens (tertiary/aromatic N) is 2.